The van der Waals surface area contributed by atoms with Crippen molar-refractivity contribution < 1.29 is 19.1 Å². The summed E-state index contributed by atoms with van der Waals surface area (Å²) in [5, 5.41) is 0. The number of aryl methyl sites for hydroxylation is 1. The zero-order valence-electron chi connectivity index (χ0n) is 16.5. The minimum absolute atomic E-state index is 0.0172. The van der Waals surface area contributed by atoms with E-state index >= 15 is 0 Å². The Kier molecular flexibility index (Phi) is 7.45. The number of hydrazine groups is 1. The average molecular weight is 449 g/mol. The third-order valence-corrected chi connectivity index (χ3v) is 4.51. The molecular formula is C21H25BrN2O4. The Morgan fingerprint density at radius 3 is 2.04 bits per heavy atom. The lowest BCUT2D eigenvalue weighted by molar-refractivity contribution is -0.131. The third-order valence-electron chi connectivity index (χ3n) is 3.89. The minimum atomic E-state index is -0.476. The summed E-state index contributed by atoms with van der Waals surface area (Å²) >= 11 is 3.46. The van der Waals surface area contributed by atoms with Gasteiger partial charge in [0.05, 0.1) is 4.47 Å². The number of amides is 2. The van der Waals surface area contributed by atoms with Crippen molar-refractivity contribution in [1.82, 2.24) is 10.9 Å². The van der Waals surface area contributed by atoms with E-state index in [0.29, 0.717) is 11.5 Å². The molecule has 0 aliphatic rings. The number of hydrogen-bond donors (Lipinski definition) is 2. The molecule has 0 heterocycles. The SMILES string of the molecule is Cc1ccc(OCC(=O)NNC(=O)COc2ccc(C(C)(C)C)cc2Br)cc1. The highest BCUT2D eigenvalue weighted by atomic mass is 79.9. The Hall–Kier alpha value is -2.54. The molecule has 0 radical (unpaired) electrons. The van der Waals surface area contributed by atoms with Crippen molar-refractivity contribution >= 4 is 27.7 Å². The molecule has 2 aromatic rings. The maximum atomic E-state index is 11.9. The smallest absolute Gasteiger partial charge is 0.276 e. The van der Waals surface area contributed by atoms with Crippen LogP contribution in [-0.4, -0.2) is 25.0 Å². The summed E-state index contributed by atoms with van der Waals surface area (Å²) in [6.07, 6.45) is 0. The first-order chi connectivity index (χ1) is 13.1. The van der Waals surface area contributed by atoms with Gasteiger partial charge in [-0.2, -0.15) is 0 Å². The van der Waals surface area contributed by atoms with Gasteiger partial charge in [0.2, 0.25) is 0 Å². The molecule has 0 spiro atoms. The van der Waals surface area contributed by atoms with Crippen LogP contribution in [0.4, 0.5) is 0 Å². The van der Waals surface area contributed by atoms with Gasteiger partial charge in [-0.3, -0.25) is 20.4 Å². The molecule has 2 amide bonds. The summed E-state index contributed by atoms with van der Waals surface area (Å²) in [6.45, 7) is 7.89. The Labute approximate surface area is 173 Å². The molecule has 0 aliphatic carbocycles. The van der Waals surface area contributed by atoms with Crippen molar-refractivity contribution in [2.45, 2.75) is 33.1 Å². The molecule has 0 aromatic heterocycles. The van der Waals surface area contributed by atoms with Gasteiger partial charge in [0.15, 0.2) is 13.2 Å². The average Bonchev–Trinajstić information content (AvgIpc) is 2.64. The standard InChI is InChI=1S/C21H25BrN2O4/c1-14-5-8-16(9-6-14)27-12-19(25)23-24-20(26)13-28-18-10-7-15(11-17(18)22)21(2,3)4/h5-11H,12-13H2,1-4H3,(H,23,25)(H,24,26). The molecule has 0 saturated carbocycles. The lowest BCUT2D eigenvalue weighted by Gasteiger charge is -2.20. The van der Waals surface area contributed by atoms with E-state index in [1.165, 1.54) is 0 Å². The number of halogens is 1. The van der Waals surface area contributed by atoms with E-state index in [4.69, 9.17) is 9.47 Å². The molecular weight excluding hydrogens is 424 g/mol. The summed E-state index contributed by atoms with van der Waals surface area (Å²) in [7, 11) is 0. The van der Waals surface area contributed by atoms with Crippen LogP contribution >= 0.6 is 15.9 Å². The van der Waals surface area contributed by atoms with Crippen LogP contribution in [-0.2, 0) is 15.0 Å². The maximum absolute atomic E-state index is 11.9. The lowest BCUT2D eigenvalue weighted by atomic mass is 9.87. The van der Waals surface area contributed by atoms with E-state index in [1.807, 2.05) is 37.3 Å². The third kappa shape index (κ3) is 6.88. The van der Waals surface area contributed by atoms with Gasteiger partial charge in [-0.15, -0.1) is 0 Å². The summed E-state index contributed by atoms with van der Waals surface area (Å²) < 4.78 is 11.6. The molecule has 7 heteroatoms. The first-order valence-electron chi connectivity index (χ1n) is 8.85. The van der Waals surface area contributed by atoms with Crippen molar-refractivity contribution in [3.05, 3.63) is 58.1 Å². The Bertz CT molecular complexity index is 829. The van der Waals surface area contributed by atoms with Gasteiger partial charge in [-0.1, -0.05) is 44.5 Å². The number of hydrogen-bond acceptors (Lipinski definition) is 4. The van der Waals surface area contributed by atoms with Gasteiger partial charge in [-0.05, 0) is 58.1 Å². The second-order valence-electron chi connectivity index (χ2n) is 7.38. The van der Waals surface area contributed by atoms with Crippen molar-refractivity contribution in [2.24, 2.45) is 0 Å². The Balaban J connectivity index is 1.73. The molecule has 150 valence electrons. The van der Waals surface area contributed by atoms with E-state index in [9.17, 15) is 9.59 Å². The number of carbonyl (C=O) groups excluding carboxylic acids is 2. The number of nitrogens with one attached hydrogen (secondary N) is 2. The zero-order chi connectivity index (χ0) is 20.7. The number of rotatable bonds is 6. The van der Waals surface area contributed by atoms with Gasteiger partial charge in [0.1, 0.15) is 11.5 Å². The predicted octanol–water partition coefficient (Wildman–Crippen LogP) is 3.66. The van der Waals surface area contributed by atoms with E-state index in [2.05, 4.69) is 47.6 Å². The first-order valence-corrected chi connectivity index (χ1v) is 9.64. The van der Waals surface area contributed by atoms with E-state index < -0.39 is 11.8 Å². The molecule has 0 aliphatic heterocycles. The zero-order valence-corrected chi connectivity index (χ0v) is 18.1. The highest BCUT2D eigenvalue weighted by molar-refractivity contribution is 9.10. The molecule has 6 nitrogen and oxygen atoms in total. The van der Waals surface area contributed by atoms with Gasteiger partial charge >= 0.3 is 0 Å². The largest absolute Gasteiger partial charge is 0.484 e. The molecule has 0 bridgehead atoms. The topological polar surface area (TPSA) is 76.7 Å². The van der Waals surface area contributed by atoms with Crippen LogP contribution in [0.2, 0.25) is 0 Å². The molecule has 0 unspecified atom stereocenters. The van der Waals surface area contributed by atoms with E-state index in [-0.39, 0.29) is 18.6 Å². The van der Waals surface area contributed by atoms with Crippen LogP contribution < -0.4 is 20.3 Å². The highest BCUT2D eigenvalue weighted by Crippen LogP contribution is 2.31. The number of ether oxygens (including phenoxy) is 2. The fraction of sp³-hybridized carbons (Fsp3) is 0.333. The molecule has 2 N–H and O–H groups in total. The summed E-state index contributed by atoms with van der Waals surface area (Å²) in [4.78, 5) is 23.6. The summed E-state index contributed by atoms with van der Waals surface area (Å²) in [6, 6.07) is 13.1. The normalized spacial score (nSPS) is 10.9. The van der Waals surface area contributed by atoms with Gasteiger partial charge in [0.25, 0.3) is 11.8 Å². The van der Waals surface area contributed by atoms with E-state index in [1.54, 1.807) is 12.1 Å². The quantitative estimate of drug-likeness (QED) is 0.661. The monoisotopic (exact) mass is 448 g/mol. The summed E-state index contributed by atoms with van der Waals surface area (Å²) in [5.74, 6) is 0.191. The van der Waals surface area contributed by atoms with Crippen molar-refractivity contribution in [1.29, 1.82) is 0 Å². The van der Waals surface area contributed by atoms with Crippen LogP contribution in [0.1, 0.15) is 31.9 Å². The fourth-order valence-corrected chi connectivity index (χ4v) is 2.72. The van der Waals surface area contributed by atoms with E-state index in [0.717, 1.165) is 15.6 Å². The molecule has 2 aromatic carbocycles. The summed E-state index contributed by atoms with van der Waals surface area (Å²) in [5.41, 5.74) is 6.85. The number of carbonyl (C=O) groups is 2. The lowest BCUT2D eigenvalue weighted by Crippen LogP contribution is -2.45. The molecule has 2 rings (SSSR count). The van der Waals surface area contributed by atoms with Crippen molar-refractivity contribution in [2.75, 3.05) is 13.2 Å². The molecule has 0 atom stereocenters. The molecule has 28 heavy (non-hydrogen) atoms. The highest BCUT2D eigenvalue weighted by Gasteiger charge is 2.15. The van der Waals surface area contributed by atoms with Crippen molar-refractivity contribution in [3.63, 3.8) is 0 Å². The Morgan fingerprint density at radius 2 is 1.50 bits per heavy atom. The Morgan fingerprint density at radius 1 is 0.929 bits per heavy atom. The van der Waals surface area contributed by atoms with Gasteiger partial charge in [-0.25, -0.2) is 0 Å². The minimum Gasteiger partial charge on any atom is -0.484 e. The van der Waals surface area contributed by atoms with Crippen LogP contribution in [0.5, 0.6) is 11.5 Å². The number of benzene rings is 2. The van der Waals surface area contributed by atoms with Crippen LogP contribution in [0.15, 0.2) is 46.9 Å². The van der Waals surface area contributed by atoms with Crippen molar-refractivity contribution in [3.8, 4) is 11.5 Å². The second kappa shape index (κ2) is 9.59. The molecule has 0 fully saturated rings. The van der Waals surface area contributed by atoms with Crippen LogP contribution in [0.3, 0.4) is 0 Å². The fourth-order valence-electron chi connectivity index (χ4n) is 2.22. The van der Waals surface area contributed by atoms with Crippen LogP contribution in [0, 0.1) is 6.92 Å². The first kappa shape index (κ1) is 21.8. The van der Waals surface area contributed by atoms with Gasteiger partial charge in [0, 0.05) is 0 Å². The maximum Gasteiger partial charge on any atom is 0.276 e. The second-order valence-corrected chi connectivity index (χ2v) is 8.24. The van der Waals surface area contributed by atoms with Crippen LogP contribution in [0.25, 0.3) is 0 Å². The van der Waals surface area contributed by atoms with Gasteiger partial charge < -0.3 is 9.47 Å². The molecule has 0 saturated heterocycles. The predicted molar refractivity (Wildman–Crippen MR) is 111 cm³/mol.